The molecule has 3 rings (SSSR count). The van der Waals surface area contributed by atoms with Gasteiger partial charge in [-0.05, 0) is 11.4 Å². The van der Waals surface area contributed by atoms with Gasteiger partial charge in [0, 0.05) is 24.9 Å². The average molecular weight is 335 g/mol. The molecule has 1 fully saturated rings. The van der Waals surface area contributed by atoms with Crippen LogP contribution in [0, 0.1) is 0 Å². The highest BCUT2D eigenvalue weighted by atomic mass is 32.1. The molecule has 0 aliphatic carbocycles. The van der Waals surface area contributed by atoms with Gasteiger partial charge in [0.25, 0.3) is 0 Å². The lowest BCUT2D eigenvalue weighted by Gasteiger charge is -2.34. The number of ether oxygens (including phenoxy) is 1. The number of Topliss-reactive ketones (excluding diaryl/α,β-unsaturated/α-hetero) is 1. The number of thiophene rings is 1. The van der Waals surface area contributed by atoms with Crippen LogP contribution >= 0.6 is 11.3 Å². The van der Waals surface area contributed by atoms with Gasteiger partial charge in [0.2, 0.25) is 11.8 Å². The van der Waals surface area contributed by atoms with Crippen LogP contribution in [-0.4, -0.2) is 46.7 Å². The van der Waals surface area contributed by atoms with E-state index in [1.807, 2.05) is 31.4 Å². The van der Waals surface area contributed by atoms with E-state index < -0.39 is 0 Å². The molecule has 6 nitrogen and oxygen atoms in total. The van der Waals surface area contributed by atoms with Crippen LogP contribution in [0.15, 0.2) is 21.9 Å². The van der Waals surface area contributed by atoms with E-state index in [9.17, 15) is 4.79 Å². The van der Waals surface area contributed by atoms with Crippen LogP contribution in [-0.2, 0) is 11.3 Å². The van der Waals surface area contributed by atoms with Crippen molar-refractivity contribution in [1.82, 2.24) is 15.1 Å². The highest BCUT2D eigenvalue weighted by Crippen LogP contribution is 2.20. The molecule has 0 N–H and O–H groups in total. The number of morpholine rings is 1. The summed E-state index contributed by atoms with van der Waals surface area (Å²) in [4.78, 5) is 15.3. The summed E-state index contributed by atoms with van der Waals surface area (Å²) in [5.74, 6) is 1.63. The first-order chi connectivity index (χ1) is 11.1. The van der Waals surface area contributed by atoms with Crippen LogP contribution in [0.5, 0.6) is 0 Å². The van der Waals surface area contributed by atoms with Crippen LogP contribution in [0.3, 0.4) is 0 Å². The zero-order valence-corrected chi connectivity index (χ0v) is 14.2. The number of carbonyl (C=O) groups excluding carboxylic acids is 1. The van der Waals surface area contributed by atoms with Gasteiger partial charge in [-0.1, -0.05) is 19.9 Å². The minimum atomic E-state index is 0.0488. The first kappa shape index (κ1) is 16.3. The third kappa shape index (κ3) is 4.04. The Morgan fingerprint density at radius 1 is 1.48 bits per heavy atom. The maximum atomic E-state index is 12.3. The lowest BCUT2D eigenvalue weighted by molar-refractivity contribution is -0.0159. The molecule has 0 amide bonds. The fourth-order valence-electron chi connectivity index (χ4n) is 2.57. The van der Waals surface area contributed by atoms with E-state index >= 15 is 0 Å². The standard InChI is InChI=1S/C16H21N3O3S/c1-11(2)16-18-17-15(22-16)9-19-5-6-21-10-12(19)8-13(20)14-4-3-7-23-14/h3-4,7,11-12H,5-6,8-10H2,1-2H3. The van der Waals surface area contributed by atoms with Crippen LogP contribution in [0.4, 0.5) is 0 Å². The van der Waals surface area contributed by atoms with E-state index in [1.165, 1.54) is 11.3 Å². The molecule has 0 radical (unpaired) electrons. The SMILES string of the molecule is CC(C)c1nnc(CN2CCOCC2CC(=O)c2cccs2)o1. The lowest BCUT2D eigenvalue weighted by Crippen LogP contribution is -2.45. The molecule has 1 aliphatic rings. The van der Waals surface area contributed by atoms with Crippen molar-refractivity contribution in [2.24, 2.45) is 0 Å². The summed E-state index contributed by atoms with van der Waals surface area (Å²) >= 11 is 1.48. The molecular formula is C16H21N3O3S. The van der Waals surface area contributed by atoms with Crippen molar-refractivity contribution in [3.8, 4) is 0 Å². The summed E-state index contributed by atoms with van der Waals surface area (Å²) < 4.78 is 11.2. The lowest BCUT2D eigenvalue weighted by atomic mass is 10.1. The Balaban J connectivity index is 1.64. The number of hydrogen-bond donors (Lipinski definition) is 0. The van der Waals surface area contributed by atoms with E-state index in [-0.39, 0.29) is 17.7 Å². The highest BCUT2D eigenvalue weighted by molar-refractivity contribution is 7.12. The second-order valence-corrected chi connectivity index (χ2v) is 6.94. The molecule has 0 saturated carbocycles. The molecule has 7 heteroatoms. The zero-order valence-electron chi connectivity index (χ0n) is 13.4. The summed E-state index contributed by atoms with van der Waals surface area (Å²) in [7, 11) is 0. The van der Waals surface area contributed by atoms with Crippen LogP contribution in [0.25, 0.3) is 0 Å². The molecule has 3 heterocycles. The number of nitrogens with zero attached hydrogens (tertiary/aromatic N) is 3. The fraction of sp³-hybridized carbons (Fsp3) is 0.562. The minimum absolute atomic E-state index is 0.0488. The van der Waals surface area contributed by atoms with Crippen molar-refractivity contribution < 1.29 is 13.9 Å². The topological polar surface area (TPSA) is 68.5 Å². The molecule has 1 unspecified atom stereocenters. The Morgan fingerprint density at radius 2 is 2.35 bits per heavy atom. The van der Waals surface area contributed by atoms with Gasteiger partial charge in [0.05, 0.1) is 24.6 Å². The molecule has 1 atom stereocenters. The molecule has 2 aromatic heterocycles. The Kier molecular flexibility index (Phi) is 5.20. The van der Waals surface area contributed by atoms with Crippen molar-refractivity contribution in [3.63, 3.8) is 0 Å². The number of hydrogen-bond acceptors (Lipinski definition) is 7. The van der Waals surface area contributed by atoms with Crippen molar-refractivity contribution in [2.75, 3.05) is 19.8 Å². The van der Waals surface area contributed by atoms with Crippen molar-refractivity contribution in [3.05, 3.63) is 34.2 Å². The molecule has 2 aromatic rings. The third-order valence-electron chi connectivity index (χ3n) is 3.88. The Hall–Kier alpha value is -1.57. The van der Waals surface area contributed by atoms with Crippen molar-refractivity contribution in [1.29, 1.82) is 0 Å². The normalized spacial score (nSPS) is 19.3. The van der Waals surface area contributed by atoms with Crippen LogP contribution < -0.4 is 0 Å². The van der Waals surface area contributed by atoms with Crippen LogP contribution in [0.1, 0.15) is 47.6 Å². The monoisotopic (exact) mass is 335 g/mol. The predicted octanol–water partition coefficient (Wildman–Crippen LogP) is 2.73. The molecule has 124 valence electrons. The third-order valence-corrected chi connectivity index (χ3v) is 4.79. The van der Waals surface area contributed by atoms with Crippen LogP contribution in [0.2, 0.25) is 0 Å². The summed E-state index contributed by atoms with van der Waals surface area (Å²) in [5, 5.41) is 10.1. The first-order valence-corrected chi connectivity index (χ1v) is 8.72. The van der Waals surface area contributed by atoms with E-state index in [1.54, 1.807) is 0 Å². The van der Waals surface area contributed by atoms with Gasteiger partial charge in [0.15, 0.2) is 5.78 Å². The zero-order chi connectivity index (χ0) is 16.2. The minimum Gasteiger partial charge on any atom is -0.424 e. The van der Waals surface area contributed by atoms with Crippen molar-refractivity contribution in [2.45, 2.75) is 38.8 Å². The second-order valence-electron chi connectivity index (χ2n) is 5.99. The quantitative estimate of drug-likeness (QED) is 0.756. The smallest absolute Gasteiger partial charge is 0.230 e. The number of aromatic nitrogens is 2. The van der Waals surface area contributed by atoms with Gasteiger partial charge in [-0.3, -0.25) is 9.69 Å². The molecule has 1 saturated heterocycles. The van der Waals surface area contributed by atoms with E-state index in [4.69, 9.17) is 9.15 Å². The van der Waals surface area contributed by atoms with Gasteiger partial charge < -0.3 is 9.15 Å². The molecule has 0 bridgehead atoms. The molecule has 0 spiro atoms. The van der Waals surface area contributed by atoms with E-state index in [2.05, 4.69) is 15.1 Å². The number of carbonyl (C=O) groups is 1. The van der Waals surface area contributed by atoms with Gasteiger partial charge in [0.1, 0.15) is 0 Å². The van der Waals surface area contributed by atoms with E-state index in [0.717, 1.165) is 11.4 Å². The second kappa shape index (κ2) is 7.33. The van der Waals surface area contributed by atoms with Gasteiger partial charge in [-0.25, -0.2) is 0 Å². The molecule has 1 aliphatic heterocycles. The first-order valence-electron chi connectivity index (χ1n) is 7.84. The summed E-state index contributed by atoms with van der Waals surface area (Å²) in [6, 6.07) is 3.82. The molecule has 0 aromatic carbocycles. The van der Waals surface area contributed by atoms with Crippen molar-refractivity contribution >= 4 is 17.1 Å². The number of rotatable bonds is 6. The summed E-state index contributed by atoms with van der Waals surface area (Å²) in [6.07, 6.45) is 0.450. The number of ketones is 1. The summed E-state index contributed by atoms with van der Waals surface area (Å²) in [5.41, 5.74) is 0. The molecule has 23 heavy (non-hydrogen) atoms. The molecular weight excluding hydrogens is 314 g/mol. The Bertz CT molecular complexity index is 639. The van der Waals surface area contributed by atoms with E-state index in [0.29, 0.717) is 38.0 Å². The largest absolute Gasteiger partial charge is 0.424 e. The maximum Gasteiger partial charge on any atom is 0.230 e. The average Bonchev–Trinajstić information content (AvgIpc) is 3.20. The Morgan fingerprint density at radius 3 is 3.04 bits per heavy atom. The highest BCUT2D eigenvalue weighted by Gasteiger charge is 2.27. The Labute approximate surface area is 139 Å². The fourth-order valence-corrected chi connectivity index (χ4v) is 3.25. The van der Waals surface area contributed by atoms with Gasteiger partial charge >= 0.3 is 0 Å². The summed E-state index contributed by atoms with van der Waals surface area (Å²) in [6.45, 7) is 6.59. The maximum absolute atomic E-state index is 12.3. The van der Waals surface area contributed by atoms with Gasteiger partial charge in [-0.2, -0.15) is 0 Å². The van der Waals surface area contributed by atoms with Gasteiger partial charge in [-0.15, -0.1) is 21.5 Å². The predicted molar refractivity (Wildman–Crippen MR) is 86.7 cm³/mol.